The van der Waals surface area contributed by atoms with E-state index in [9.17, 15) is 0 Å². The van der Waals surface area contributed by atoms with Crippen molar-refractivity contribution in [2.24, 2.45) is 0 Å². The van der Waals surface area contributed by atoms with E-state index in [0.717, 1.165) is 0 Å². The third-order valence-corrected chi connectivity index (χ3v) is 1.40. The van der Waals surface area contributed by atoms with Crippen LogP contribution in [0, 0.1) is 0 Å². The van der Waals surface area contributed by atoms with E-state index in [2.05, 4.69) is 11.5 Å². The topological polar surface area (TPSA) is 3.24 Å². The Morgan fingerprint density at radius 2 is 1.75 bits per heavy atom. The summed E-state index contributed by atoms with van der Waals surface area (Å²) < 4.78 is 0. The molecule has 0 saturated carbocycles. The summed E-state index contributed by atoms with van der Waals surface area (Å²) in [5, 5.41) is 0. The average molecular weight is 134 g/mol. The minimum atomic E-state index is 0. The Labute approximate surface area is 56.8 Å². The van der Waals surface area contributed by atoms with Crippen LogP contribution in [0.15, 0.2) is 12.8 Å². The van der Waals surface area contributed by atoms with Crippen molar-refractivity contribution in [3.63, 3.8) is 0 Å². The van der Waals surface area contributed by atoms with Gasteiger partial charge in [-0.25, -0.2) is 0 Å². The molecule has 1 nitrogen and oxygen atoms in total. The van der Waals surface area contributed by atoms with E-state index < -0.39 is 0 Å². The van der Waals surface area contributed by atoms with Crippen molar-refractivity contribution < 1.29 is 0 Å². The van der Waals surface area contributed by atoms with Crippen molar-refractivity contribution in [3.8, 4) is 0 Å². The predicted octanol–water partition coefficient (Wildman–Crippen LogP) is 1.65. The number of nitrogens with zero attached hydrogens (tertiary/aromatic N) is 1. The maximum Gasteiger partial charge on any atom is 0.0172 e. The van der Waals surface area contributed by atoms with Gasteiger partial charge in [-0.3, -0.25) is 0 Å². The molecule has 1 aliphatic heterocycles. The minimum Gasteiger partial charge on any atom is -0.378 e. The lowest BCUT2D eigenvalue weighted by Crippen LogP contribution is -2.08. The van der Waals surface area contributed by atoms with Crippen LogP contribution in [0.5, 0.6) is 0 Å². The average Bonchev–Trinajstić information content (AvgIpc) is 2.14. The second-order valence-corrected chi connectivity index (χ2v) is 1.93. The zero-order chi connectivity index (χ0) is 5.11. The second-order valence-electron chi connectivity index (χ2n) is 1.93. The highest BCUT2D eigenvalue weighted by Gasteiger charge is 2.04. The van der Waals surface area contributed by atoms with Gasteiger partial charge in [-0.1, -0.05) is 6.58 Å². The number of hydrogen-bond donors (Lipinski definition) is 0. The predicted molar refractivity (Wildman–Crippen MR) is 38.3 cm³/mol. The highest BCUT2D eigenvalue weighted by atomic mass is 35.5. The Hall–Kier alpha value is -0.170. The van der Waals surface area contributed by atoms with Crippen molar-refractivity contribution in [1.29, 1.82) is 0 Å². The van der Waals surface area contributed by atoms with E-state index in [1.807, 2.05) is 6.20 Å². The quantitative estimate of drug-likeness (QED) is 0.526. The second kappa shape index (κ2) is 3.79. The number of hydrogen-bond acceptors (Lipinski definition) is 1. The molecule has 0 atom stereocenters. The van der Waals surface area contributed by atoms with Crippen LogP contribution in [-0.2, 0) is 0 Å². The van der Waals surface area contributed by atoms with Crippen molar-refractivity contribution in [1.82, 2.24) is 4.90 Å². The Morgan fingerprint density at radius 1 is 1.25 bits per heavy atom. The summed E-state index contributed by atoms with van der Waals surface area (Å²) in [6.45, 7) is 6.12. The van der Waals surface area contributed by atoms with Gasteiger partial charge < -0.3 is 4.90 Å². The largest absolute Gasteiger partial charge is 0.378 e. The maximum atomic E-state index is 3.67. The molecule has 0 aromatic rings. The van der Waals surface area contributed by atoms with Crippen LogP contribution in [0.25, 0.3) is 0 Å². The van der Waals surface area contributed by atoms with Gasteiger partial charge >= 0.3 is 0 Å². The zero-order valence-electron chi connectivity index (χ0n) is 4.97. The van der Waals surface area contributed by atoms with Gasteiger partial charge in [-0.15, -0.1) is 12.4 Å². The van der Waals surface area contributed by atoms with Crippen LogP contribution < -0.4 is 0 Å². The molecule has 8 heavy (non-hydrogen) atoms. The van der Waals surface area contributed by atoms with E-state index in [-0.39, 0.29) is 12.4 Å². The fourth-order valence-corrected chi connectivity index (χ4v) is 0.924. The third-order valence-electron chi connectivity index (χ3n) is 1.40. The summed E-state index contributed by atoms with van der Waals surface area (Å²) in [7, 11) is 0. The van der Waals surface area contributed by atoms with Crippen LogP contribution in [0.2, 0.25) is 0 Å². The Balaban J connectivity index is 0.000000490. The molecule has 0 unspecified atom stereocenters. The van der Waals surface area contributed by atoms with Crippen LogP contribution in [0.4, 0.5) is 0 Å². The van der Waals surface area contributed by atoms with E-state index in [0.29, 0.717) is 0 Å². The molecule has 0 radical (unpaired) electrons. The van der Waals surface area contributed by atoms with Crippen molar-refractivity contribution in [3.05, 3.63) is 12.8 Å². The molecule has 1 heterocycles. The molecule has 2 heteroatoms. The molecule has 0 bridgehead atoms. The summed E-state index contributed by atoms with van der Waals surface area (Å²) in [6.07, 6.45) is 4.63. The van der Waals surface area contributed by atoms with Gasteiger partial charge in [-0.2, -0.15) is 0 Å². The number of rotatable bonds is 1. The first kappa shape index (κ1) is 7.83. The normalized spacial score (nSPS) is 17.8. The third kappa shape index (κ3) is 1.74. The Bertz CT molecular complexity index is 66.9. The monoisotopic (exact) mass is 133 g/mol. The zero-order valence-corrected chi connectivity index (χ0v) is 5.78. The van der Waals surface area contributed by atoms with Gasteiger partial charge in [0.05, 0.1) is 0 Å². The first-order valence-corrected chi connectivity index (χ1v) is 2.80. The van der Waals surface area contributed by atoms with Crippen LogP contribution in [0.3, 0.4) is 0 Å². The molecule has 1 rings (SSSR count). The molecule has 0 aromatic heterocycles. The van der Waals surface area contributed by atoms with E-state index in [4.69, 9.17) is 0 Å². The maximum absolute atomic E-state index is 3.67. The minimum absolute atomic E-state index is 0. The molecule has 0 aliphatic carbocycles. The molecule has 1 saturated heterocycles. The Morgan fingerprint density at radius 3 is 2.00 bits per heavy atom. The summed E-state index contributed by atoms with van der Waals surface area (Å²) in [5.74, 6) is 0. The van der Waals surface area contributed by atoms with Crippen LogP contribution in [-0.4, -0.2) is 18.0 Å². The smallest absolute Gasteiger partial charge is 0.0172 e. The highest BCUT2D eigenvalue weighted by Crippen LogP contribution is 2.05. The lowest BCUT2D eigenvalue weighted by molar-refractivity contribution is 0.469. The number of halogens is 1. The van der Waals surface area contributed by atoms with Gasteiger partial charge in [0.15, 0.2) is 0 Å². The van der Waals surface area contributed by atoms with E-state index in [1.165, 1.54) is 25.9 Å². The summed E-state index contributed by atoms with van der Waals surface area (Å²) >= 11 is 0. The van der Waals surface area contributed by atoms with Crippen LogP contribution >= 0.6 is 12.4 Å². The molecule has 48 valence electrons. The summed E-state index contributed by atoms with van der Waals surface area (Å²) in [6, 6.07) is 0. The molecule has 1 fully saturated rings. The van der Waals surface area contributed by atoms with E-state index >= 15 is 0 Å². The molecule has 0 aromatic carbocycles. The van der Waals surface area contributed by atoms with E-state index in [1.54, 1.807) is 0 Å². The Kier molecular flexibility index (Phi) is 3.71. The fraction of sp³-hybridized carbons (Fsp3) is 0.667. The number of likely N-dealkylation sites (tertiary alicyclic amines) is 1. The fourth-order valence-electron chi connectivity index (χ4n) is 0.924. The van der Waals surface area contributed by atoms with Crippen molar-refractivity contribution >= 4 is 12.4 Å². The first-order valence-electron chi connectivity index (χ1n) is 2.80. The molecular weight excluding hydrogens is 122 g/mol. The molecular formula is C6H12ClN. The first-order chi connectivity index (χ1) is 3.43. The highest BCUT2D eigenvalue weighted by molar-refractivity contribution is 5.85. The van der Waals surface area contributed by atoms with Gasteiger partial charge in [0.25, 0.3) is 0 Å². The summed E-state index contributed by atoms with van der Waals surface area (Å²) in [4.78, 5) is 2.25. The molecule has 0 amide bonds. The summed E-state index contributed by atoms with van der Waals surface area (Å²) in [5.41, 5.74) is 0. The van der Waals surface area contributed by atoms with Crippen molar-refractivity contribution in [2.75, 3.05) is 13.1 Å². The SMILES string of the molecule is C=CN1CCCC1.Cl. The molecule has 0 N–H and O–H groups in total. The van der Waals surface area contributed by atoms with Crippen LogP contribution in [0.1, 0.15) is 12.8 Å². The van der Waals surface area contributed by atoms with Gasteiger partial charge in [0.2, 0.25) is 0 Å². The molecule has 0 spiro atoms. The standard InChI is InChI=1S/C6H11N.ClH/c1-2-7-5-3-4-6-7;/h2H,1,3-6H2;1H. The lowest BCUT2D eigenvalue weighted by Gasteiger charge is -2.07. The van der Waals surface area contributed by atoms with Gasteiger partial charge in [0.1, 0.15) is 0 Å². The van der Waals surface area contributed by atoms with Crippen molar-refractivity contribution in [2.45, 2.75) is 12.8 Å². The van der Waals surface area contributed by atoms with Gasteiger partial charge in [-0.05, 0) is 19.0 Å². The van der Waals surface area contributed by atoms with Gasteiger partial charge in [0, 0.05) is 13.1 Å². The molecule has 1 aliphatic rings. The lowest BCUT2D eigenvalue weighted by atomic mass is 10.4.